The fourth-order valence-electron chi connectivity index (χ4n) is 0.739. The molecule has 0 aliphatic rings. The van der Waals surface area contributed by atoms with Crippen LogP contribution in [0.1, 0.15) is 19.8 Å². The van der Waals surface area contributed by atoms with Crippen molar-refractivity contribution in [3.63, 3.8) is 0 Å². The standard InChI is InChI=1S/C8H19O4PS3/c1-2-11-13(10,14)12-6-4-8-16-15-7-3-5-9/h9H,2-8H2,1H3,(H,10,14). The smallest absolute Gasteiger partial charge is 0.324 e. The number of rotatable bonds is 11. The Labute approximate surface area is 110 Å². The van der Waals surface area contributed by atoms with E-state index in [4.69, 9.17) is 26.0 Å². The predicted molar refractivity (Wildman–Crippen MR) is 75.3 cm³/mol. The molecule has 4 nitrogen and oxygen atoms in total. The summed E-state index contributed by atoms with van der Waals surface area (Å²) in [5.41, 5.74) is 0. The maximum atomic E-state index is 9.43. The van der Waals surface area contributed by atoms with Gasteiger partial charge in [0.25, 0.3) is 0 Å². The summed E-state index contributed by atoms with van der Waals surface area (Å²) in [7, 11) is 3.47. The molecule has 2 N–H and O–H groups in total. The van der Waals surface area contributed by atoms with Gasteiger partial charge in [-0.25, -0.2) is 0 Å². The van der Waals surface area contributed by atoms with Crippen LogP contribution in [-0.4, -0.2) is 41.3 Å². The second-order valence-corrected chi connectivity index (χ2v) is 8.33. The Hall–Kier alpha value is 1.19. The molecule has 1 unspecified atom stereocenters. The quantitative estimate of drug-likeness (QED) is 0.345. The van der Waals surface area contributed by atoms with Gasteiger partial charge in [-0.3, -0.25) is 0 Å². The molecule has 0 aliphatic heterocycles. The molecule has 0 fully saturated rings. The molecule has 0 aromatic heterocycles. The summed E-state index contributed by atoms with van der Waals surface area (Å²) >= 11 is 4.76. The normalized spacial score (nSPS) is 14.9. The minimum absolute atomic E-state index is 0.249. The first kappa shape index (κ1) is 17.2. The Morgan fingerprint density at radius 1 is 1.19 bits per heavy atom. The van der Waals surface area contributed by atoms with E-state index in [9.17, 15) is 4.89 Å². The molecule has 0 bridgehead atoms. The monoisotopic (exact) mass is 306 g/mol. The topological polar surface area (TPSA) is 58.9 Å². The summed E-state index contributed by atoms with van der Waals surface area (Å²) in [6.07, 6.45) is 1.67. The van der Waals surface area contributed by atoms with Crippen molar-refractivity contribution in [2.45, 2.75) is 19.8 Å². The first-order valence-corrected chi connectivity index (χ1v) is 10.2. The maximum Gasteiger partial charge on any atom is 0.324 e. The lowest BCUT2D eigenvalue weighted by atomic mass is 10.5. The van der Waals surface area contributed by atoms with Crippen LogP contribution in [-0.2, 0) is 20.9 Å². The first-order valence-electron chi connectivity index (χ1n) is 5.09. The number of aliphatic hydroxyl groups is 1. The minimum Gasteiger partial charge on any atom is -0.396 e. The Kier molecular flexibility index (Phi) is 12.1. The molecule has 0 saturated heterocycles. The third-order valence-corrected chi connectivity index (χ3v) is 5.69. The van der Waals surface area contributed by atoms with Crippen LogP contribution >= 0.6 is 28.3 Å². The molecule has 0 spiro atoms. The molecular weight excluding hydrogens is 287 g/mol. The van der Waals surface area contributed by atoms with E-state index in [2.05, 4.69) is 0 Å². The summed E-state index contributed by atoms with van der Waals surface area (Å²) < 4.78 is 10.0. The van der Waals surface area contributed by atoms with Gasteiger partial charge in [0.05, 0.1) is 13.2 Å². The lowest BCUT2D eigenvalue weighted by molar-refractivity contribution is 0.205. The number of aliphatic hydroxyl groups excluding tert-OH is 1. The number of hydrogen-bond donors (Lipinski definition) is 2. The summed E-state index contributed by atoms with van der Waals surface area (Å²) in [4.78, 5) is 9.43. The molecular formula is C8H19O4PS3. The second kappa shape index (κ2) is 11.3. The van der Waals surface area contributed by atoms with Gasteiger partial charge in [0, 0.05) is 18.1 Å². The van der Waals surface area contributed by atoms with Crippen LogP contribution < -0.4 is 0 Å². The zero-order chi connectivity index (χ0) is 12.3. The van der Waals surface area contributed by atoms with Gasteiger partial charge in [-0.1, -0.05) is 21.6 Å². The zero-order valence-electron chi connectivity index (χ0n) is 9.33. The van der Waals surface area contributed by atoms with Crippen molar-refractivity contribution < 1.29 is 19.0 Å². The maximum absolute atomic E-state index is 9.43. The highest BCUT2D eigenvalue weighted by atomic mass is 33.1. The highest BCUT2D eigenvalue weighted by Gasteiger charge is 2.12. The molecule has 0 aromatic rings. The van der Waals surface area contributed by atoms with Crippen LogP contribution in [0.5, 0.6) is 0 Å². The van der Waals surface area contributed by atoms with Gasteiger partial charge in [0.1, 0.15) is 0 Å². The van der Waals surface area contributed by atoms with Gasteiger partial charge < -0.3 is 19.0 Å². The van der Waals surface area contributed by atoms with Crippen LogP contribution in [0.3, 0.4) is 0 Å². The summed E-state index contributed by atoms with van der Waals surface area (Å²) in [6.45, 7) is -0.147. The van der Waals surface area contributed by atoms with Gasteiger partial charge in [-0.15, -0.1) is 0 Å². The molecule has 0 saturated carbocycles. The molecule has 98 valence electrons. The van der Waals surface area contributed by atoms with Gasteiger partial charge in [0.15, 0.2) is 0 Å². The molecule has 16 heavy (non-hydrogen) atoms. The third kappa shape index (κ3) is 11.7. The fourth-order valence-corrected chi connectivity index (χ4v) is 4.17. The van der Waals surface area contributed by atoms with Crippen molar-refractivity contribution in [3.05, 3.63) is 0 Å². The van der Waals surface area contributed by atoms with Crippen LogP contribution in [0, 0.1) is 0 Å². The van der Waals surface area contributed by atoms with Crippen LogP contribution in [0.15, 0.2) is 0 Å². The van der Waals surface area contributed by atoms with Crippen molar-refractivity contribution in [1.29, 1.82) is 0 Å². The van der Waals surface area contributed by atoms with Crippen molar-refractivity contribution in [2.75, 3.05) is 31.3 Å². The number of hydrogen-bond acceptors (Lipinski definition) is 6. The summed E-state index contributed by atoms with van der Waals surface area (Å²) in [5, 5.41) is 8.55. The Bertz CT molecular complexity index is 206. The third-order valence-electron chi connectivity index (χ3n) is 1.39. The van der Waals surface area contributed by atoms with Crippen molar-refractivity contribution in [3.8, 4) is 0 Å². The molecule has 0 amide bonds. The predicted octanol–water partition coefficient (Wildman–Crippen LogP) is 2.41. The fraction of sp³-hybridized carbons (Fsp3) is 1.00. The lowest BCUT2D eigenvalue weighted by Gasteiger charge is -2.14. The summed E-state index contributed by atoms with van der Waals surface area (Å²) in [5.74, 6) is 1.90. The minimum atomic E-state index is -2.97. The molecule has 0 radical (unpaired) electrons. The average molecular weight is 306 g/mol. The molecule has 1 atom stereocenters. The molecule has 0 heterocycles. The van der Waals surface area contributed by atoms with E-state index in [0.717, 1.165) is 24.3 Å². The van der Waals surface area contributed by atoms with Crippen LogP contribution in [0.25, 0.3) is 0 Å². The van der Waals surface area contributed by atoms with Gasteiger partial charge in [-0.05, 0) is 31.6 Å². The second-order valence-electron chi connectivity index (χ2n) is 2.79. The Morgan fingerprint density at radius 3 is 2.38 bits per heavy atom. The van der Waals surface area contributed by atoms with Gasteiger partial charge in [0.2, 0.25) is 0 Å². The van der Waals surface area contributed by atoms with Crippen LogP contribution in [0.4, 0.5) is 0 Å². The van der Waals surface area contributed by atoms with Crippen molar-refractivity contribution >= 4 is 40.1 Å². The van der Waals surface area contributed by atoms with E-state index in [1.54, 1.807) is 28.5 Å². The molecule has 0 rings (SSSR count). The van der Waals surface area contributed by atoms with Crippen LogP contribution in [0.2, 0.25) is 0 Å². The van der Waals surface area contributed by atoms with E-state index in [0.29, 0.717) is 13.2 Å². The highest BCUT2D eigenvalue weighted by Crippen LogP contribution is 2.43. The van der Waals surface area contributed by atoms with Gasteiger partial charge in [-0.2, -0.15) is 0 Å². The van der Waals surface area contributed by atoms with E-state index in [1.807, 2.05) is 0 Å². The Balaban J connectivity index is 3.23. The molecule has 0 aromatic carbocycles. The largest absolute Gasteiger partial charge is 0.396 e. The van der Waals surface area contributed by atoms with Crippen molar-refractivity contribution in [1.82, 2.24) is 0 Å². The Morgan fingerprint density at radius 2 is 1.81 bits per heavy atom. The average Bonchev–Trinajstić information content (AvgIpc) is 2.22. The summed E-state index contributed by atoms with van der Waals surface area (Å²) in [6, 6.07) is 0. The SMILES string of the molecule is CCOP(O)(=S)OCCCSSCCCO. The van der Waals surface area contributed by atoms with E-state index in [1.165, 1.54) is 0 Å². The first-order chi connectivity index (χ1) is 7.62. The van der Waals surface area contributed by atoms with Crippen molar-refractivity contribution in [2.24, 2.45) is 0 Å². The molecule has 8 heteroatoms. The van der Waals surface area contributed by atoms with E-state index in [-0.39, 0.29) is 6.61 Å². The van der Waals surface area contributed by atoms with E-state index < -0.39 is 6.72 Å². The lowest BCUT2D eigenvalue weighted by Crippen LogP contribution is -1.97. The highest BCUT2D eigenvalue weighted by molar-refractivity contribution is 8.76. The molecule has 0 aliphatic carbocycles. The zero-order valence-corrected chi connectivity index (χ0v) is 12.7. The van der Waals surface area contributed by atoms with E-state index >= 15 is 0 Å². The van der Waals surface area contributed by atoms with Gasteiger partial charge >= 0.3 is 6.72 Å².